The van der Waals surface area contributed by atoms with Crippen LogP contribution in [0.5, 0.6) is 5.88 Å². The molecule has 0 aliphatic carbocycles. The monoisotopic (exact) mass is 244 g/mol. The van der Waals surface area contributed by atoms with Crippen LogP contribution < -0.4 is 4.74 Å². The molecule has 0 radical (unpaired) electrons. The second-order valence-corrected chi connectivity index (χ2v) is 3.61. The van der Waals surface area contributed by atoms with Gasteiger partial charge in [-0.2, -0.15) is 4.98 Å². The van der Waals surface area contributed by atoms with Gasteiger partial charge in [-0.3, -0.25) is 0 Å². The van der Waals surface area contributed by atoms with Gasteiger partial charge < -0.3 is 14.6 Å². The molecule has 0 saturated carbocycles. The van der Waals surface area contributed by atoms with Crippen LogP contribution in [0.4, 0.5) is 0 Å². The van der Waals surface area contributed by atoms with Gasteiger partial charge in [0.05, 0.1) is 13.2 Å². The molecule has 1 aliphatic rings. The number of aromatic nitrogens is 2. The van der Waals surface area contributed by atoms with Crippen molar-refractivity contribution in [3.63, 3.8) is 0 Å². The number of aromatic carboxylic acids is 1. The first-order chi connectivity index (χ1) is 7.65. The minimum atomic E-state index is -1.17. The van der Waals surface area contributed by atoms with Crippen molar-refractivity contribution in [3.8, 4) is 5.88 Å². The first-order valence-corrected chi connectivity index (χ1v) is 5.05. The highest BCUT2D eigenvalue weighted by molar-refractivity contribution is 6.28. The third kappa shape index (κ3) is 2.59. The van der Waals surface area contributed by atoms with Gasteiger partial charge in [-0.25, -0.2) is 9.78 Å². The van der Waals surface area contributed by atoms with E-state index in [-0.39, 0.29) is 23.0 Å². The minimum Gasteiger partial charge on any atom is -0.477 e. The number of hydrogen-bond donors (Lipinski definition) is 1. The number of ether oxygens (including phenoxy) is 2. The molecule has 2 heterocycles. The van der Waals surface area contributed by atoms with Crippen LogP contribution in [0.2, 0.25) is 5.28 Å². The van der Waals surface area contributed by atoms with Crippen molar-refractivity contribution in [3.05, 3.63) is 17.0 Å². The average Bonchev–Trinajstić information content (AvgIpc) is 2.69. The van der Waals surface area contributed by atoms with Crippen LogP contribution >= 0.6 is 11.6 Å². The van der Waals surface area contributed by atoms with Gasteiger partial charge >= 0.3 is 5.97 Å². The lowest BCUT2D eigenvalue weighted by atomic mass is 10.3. The van der Waals surface area contributed by atoms with Crippen molar-refractivity contribution in [2.45, 2.75) is 12.5 Å². The van der Waals surface area contributed by atoms with Crippen LogP contribution in [0.1, 0.15) is 16.9 Å². The fourth-order valence-electron chi connectivity index (χ4n) is 1.34. The summed E-state index contributed by atoms with van der Waals surface area (Å²) in [5.74, 6) is -1.01. The number of carboxylic acids is 1. The van der Waals surface area contributed by atoms with Crippen molar-refractivity contribution in [1.82, 2.24) is 9.97 Å². The second kappa shape index (κ2) is 4.63. The predicted octanol–water partition coefficient (Wildman–Crippen LogP) is 0.996. The smallest absolute Gasteiger partial charge is 0.354 e. The molecule has 1 unspecified atom stereocenters. The van der Waals surface area contributed by atoms with Crippen LogP contribution in [0.15, 0.2) is 6.07 Å². The van der Waals surface area contributed by atoms with E-state index < -0.39 is 5.97 Å². The molecule has 0 bridgehead atoms. The highest BCUT2D eigenvalue weighted by Crippen LogP contribution is 2.17. The van der Waals surface area contributed by atoms with Gasteiger partial charge in [0.1, 0.15) is 6.10 Å². The molecule has 1 fully saturated rings. The molecule has 16 heavy (non-hydrogen) atoms. The Hall–Kier alpha value is -1.40. The van der Waals surface area contributed by atoms with E-state index in [0.29, 0.717) is 13.2 Å². The van der Waals surface area contributed by atoms with Crippen LogP contribution in [0.25, 0.3) is 0 Å². The van der Waals surface area contributed by atoms with Crippen molar-refractivity contribution >= 4 is 17.6 Å². The zero-order chi connectivity index (χ0) is 11.5. The van der Waals surface area contributed by atoms with Crippen LogP contribution in [0.3, 0.4) is 0 Å². The fraction of sp³-hybridized carbons (Fsp3) is 0.444. The summed E-state index contributed by atoms with van der Waals surface area (Å²) in [4.78, 5) is 18.1. The van der Waals surface area contributed by atoms with E-state index in [2.05, 4.69) is 9.97 Å². The molecular weight excluding hydrogens is 236 g/mol. The Bertz CT molecular complexity index is 406. The Morgan fingerprint density at radius 2 is 2.44 bits per heavy atom. The topological polar surface area (TPSA) is 81.5 Å². The lowest BCUT2D eigenvalue weighted by molar-refractivity contribution is 0.0688. The van der Waals surface area contributed by atoms with Crippen LogP contribution in [0, 0.1) is 0 Å². The summed E-state index contributed by atoms with van der Waals surface area (Å²) in [6.07, 6.45) is 0.650. The van der Waals surface area contributed by atoms with Crippen molar-refractivity contribution in [1.29, 1.82) is 0 Å². The Morgan fingerprint density at radius 1 is 1.62 bits per heavy atom. The molecule has 0 amide bonds. The maximum Gasteiger partial charge on any atom is 0.354 e. The van der Waals surface area contributed by atoms with Crippen molar-refractivity contribution in [2.24, 2.45) is 0 Å². The van der Waals surface area contributed by atoms with E-state index in [1.165, 1.54) is 6.07 Å². The van der Waals surface area contributed by atoms with E-state index >= 15 is 0 Å². The summed E-state index contributed by atoms with van der Waals surface area (Å²) in [6.45, 7) is 1.11. The standard InChI is InChI=1S/C9H9ClN2O4/c10-9-11-6(8(13)14)3-7(12-9)16-5-1-2-15-4-5/h3,5H,1-2,4H2,(H,13,14). The van der Waals surface area contributed by atoms with E-state index in [1.807, 2.05) is 0 Å². The molecule has 1 N–H and O–H groups in total. The molecule has 1 aliphatic heterocycles. The summed E-state index contributed by atoms with van der Waals surface area (Å²) < 4.78 is 10.5. The van der Waals surface area contributed by atoms with Gasteiger partial charge in [0.2, 0.25) is 11.2 Å². The summed E-state index contributed by atoms with van der Waals surface area (Å²) in [6, 6.07) is 1.24. The predicted molar refractivity (Wildman–Crippen MR) is 53.9 cm³/mol. The maximum absolute atomic E-state index is 10.7. The van der Waals surface area contributed by atoms with Gasteiger partial charge in [0, 0.05) is 12.5 Å². The van der Waals surface area contributed by atoms with E-state index in [1.54, 1.807) is 0 Å². The number of hydrogen-bond acceptors (Lipinski definition) is 5. The highest BCUT2D eigenvalue weighted by atomic mass is 35.5. The first kappa shape index (κ1) is 11.1. The normalized spacial score (nSPS) is 19.7. The van der Waals surface area contributed by atoms with E-state index in [4.69, 9.17) is 26.2 Å². The summed E-state index contributed by atoms with van der Waals surface area (Å²) in [7, 11) is 0. The van der Waals surface area contributed by atoms with Gasteiger partial charge in [-0.15, -0.1) is 0 Å². The third-order valence-electron chi connectivity index (χ3n) is 2.07. The molecule has 2 rings (SSSR count). The molecule has 1 atom stereocenters. The second-order valence-electron chi connectivity index (χ2n) is 3.27. The van der Waals surface area contributed by atoms with Crippen LogP contribution in [-0.4, -0.2) is 40.4 Å². The number of nitrogens with zero attached hydrogens (tertiary/aromatic N) is 2. The van der Waals surface area contributed by atoms with Gasteiger partial charge in [-0.05, 0) is 11.6 Å². The quantitative estimate of drug-likeness (QED) is 0.799. The highest BCUT2D eigenvalue weighted by Gasteiger charge is 2.19. The van der Waals surface area contributed by atoms with Gasteiger partial charge in [-0.1, -0.05) is 0 Å². The Labute approximate surface area is 96.2 Å². The first-order valence-electron chi connectivity index (χ1n) is 4.67. The summed E-state index contributed by atoms with van der Waals surface area (Å²) >= 11 is 5.58. The molecule has 86 valence electrons. The number of carboxylic acid groups (broad SMARTS) is 1. The Morgan fingerprint density at radius 3 is 3.06 bits per heavy atom. The summed E-state index contributed by atoms with van der Waals surface area (Å²) in [5.41, 5.74) is -0.186. The number of rotatable bonds is 3. The molecule has 0 spiro atoms. The maximum atomic E-state index is 10.7. The zero-order valence-corrected chi connectivity index (χ0v) is 8.98. The molecule has 6 nitrogen and oxygen atoms in total. The Balaban J connectivity index is 2.16. The molecule has 1 saturated heterocycles. The van der Waals surface area contributed by atoms with Gasteiger partial charge in [0.25, 0.3) is 0 Å². The van der Waals surface area contributed by atoms with Crippen LogP contribution in [-0.2, 0) is 4.74 Å². The minimum absolute atomic E-state index is 0.104. The average molecular weight is 245 g/mol. The summed E-state index contributed by atoms with van der Waals surface area (Å²) in [5, 5.41) is 8.62. The van der Waals surface area contributed by atoms with Crippen molar-refractivity contribution in [2.75, 3.05) is 13.2 Å². The Kier molecular flexibility index (Phi) is 3.21. The van der Waals surface area contributed by atoms with Crippen molar-refractivity contribution < 1.29 is 19.4 Å². The molecular formula is C9H9ClN2O4. The van der Waals surface area contributed by atoms with E-state index in [9.17, 15) is 4.79 Å². The molecule has 0 aromatic carbocycles. The largest absolute Gasteiger partial charge is 0.477 e. The SMILES string of the molecule is O=C(O)c1cc(OC2CCOC2)nc(Cl)n1. The molecule has 1 aromatic heterocycles. The number of halogens is 1. The molecule has 1 aromatic rings. The lowest BCUT2D eigenvalue weighted by Gasteiger charge is -2.10. The van der Waals surface area contributed by atoms with Gasteiger partial charge in [0.15, 0.2) is 5.69 Å². The molecule has 7 heteroatoms. The fourth-order valence-corrected chi connectivity index (χ4v) is 1.52. The zero-order valence-electron chi connectivity index (χ0n) is 8.22. The third-order valence-corrected chi connectivity index (χ3v) is 2.24. The van der Waals surface area contributed by atoms with E-state index in [0.717, 1.165) is 6.42 Å². The lowest BCUT2D eigenvalue weighted by Crippen LogP contribution is -2.17. The number of carbonyl (C=O) groups is 1.